The van der Waals surface area contributed by atoms with Gasteiger partial charge in [0, 0.05) is 18.6 Å². The molecule has 0 spiro atoms. The molecule has 10 heteroatoms. The molecule has 0 heterocycles. The van der Waals surface area contributed by atoms with Crippen molar-refractivity contribution in [3.05, 3.63) is 64.4 Å². The smallest absolute Gasteiger partial charge is 0.244 e. The number of likely N-dealkylation sites (N-methyl/N-ethyl adjacent to an activating group) is 1. The Hall–Kier alpha value is -2.65. The highest BCUT2D eigenvalue weighted by Gasteiger charge is 2.29. The molecule has 2 aromatic rings. The summed E-state index contributed by atoms with van der Waals surface area (Å²) in [6.07, 6.45) is 0.987. The maximum atomic E-state index is 13.2. The fourth-order valence-corrected chi connectivity index (χ4v) is 3.94. The van der Waals surface area contributed by atoms with Crippen LogP contribution in [0.5, 0.6) is 0 Å². The molecule has 168 valence electrons. The van der Waals surface area contributed by atoms with E-state index in [9.17, 15) is 22.4 Å². The molecule has 0 aliphatic heterocycles. The maximum absolute atomic E-state index is 13.2. The molecule has 7 nitrogen and oxygen atoms in total. The fraction of sp³-hybridized carbons (Fsp3) is 0.333. The summed E-state index contributed by atoms with van der Waals surface area (Å²) < 4.78 is 39.1. The van der Waals surface area contributed by atoms with E-state index in [2.05, 4.69) is 5.32 Å². The van der Waals surface area contributed by atoms with Crippen molar-refractivity contribution in [2.24, 2.45) is 0 Å². The van der Waals surface area contributed by atoms with Crippen LogP contribution in [0.4, 0.5) is 10.1 Å². The number of rotatable bonds is 8. The number of halogens is 2. The van der Waals surface area contributed by atoms with Gasteiger partial charge in [0.2, 0.25) is 21.8 Å². The van der Waals surface area contributed by atoms with Crippen LogP contribution in [0.2, 0.25) is 5.02 Å². The third kappa shape index (κ3) is 6.41. The van der Waals surface area contributed by atoms with E-state index in [0.717, 1.165) is 16.1 Å². The second-order valence-corrected chi connectivity index (χ2v) is 9.46. The number of hydrogen-bond acceptors (Lipinski definition) is 4. The van der Waals surface area contributed by atoms with Crippen molar-refractivity contribution < 1.29 is 22.4 Å². The summed E-state index contributed by atoms with van der Waals surface area (Å²) in [5.41, 5.74) is 1.59. The van der Waals surface area contributed by atoms with Gasteiger partial charge in [-0.3, -0.25) is 13.9 Å². The van der Waals surface area contributed by atoms with Gasteiger partial charge in [0.1, 0.15) is 18.4 Å². The summed E-state index contributed by atoms with van der Waals surface area (Å²) in [5.74, 6) is -1.44. The number of sulfonamides is 1. The molecule has 2 aromatic carbocycles. The monoisotopic (exact) mass is 469 g/mol. The van der Waals surface area contributed by atoms with Gasteiger partial charge in [0.25, 0.3) is 0 Å². The Bertz CT molecular complexity index is 1060. The van der Waals surface area contributed by atoms with Gasteiger partial charge in [-0.1, -0.05) is 29.8 Å². The number of nitrogens with zero attached hydrogens (tertiary/aromatic N) is 2. The molecular weight excluding hydrogens is 445 g/mol. The molecule has 0 fully saturated rings. The third-order valence-electron chi connectivity index (χ3n) is 4.80. The van der Waals surface area contributed by atoms with Crippen molar-refractivity contribution in [3.8, 4) is 0 Å². The average Bonchev–Trinajstić information content (AvgIpc) is 2.71. The fourth-order valence-electron chi connectivity index (χ4n) is 2.93. The lowest BCUT2D eigenvalue weighted by Gasteiger charge is -2.31. The Morgan fingerprint density at radius 3 is 2.29 bits per heavy atom. The molecule has 0 aromatic heterocycles. The zero-order valence-corrected chi connectivity index (χ0v) is 19.3. The van der Waals surface area contributed by atoms with E-state index in [4.69, 9.17) is 11.6 Å². The minimum atomic E-state index is -3.83. The maximum Gasteiger partial charge on any atom is 0.244 e. The van der Waals surface area contributed by atoms with E-state index in [1.54, 1.807) is 19.1 Å². The van der Waals surface area contributed by atoms with Gasteiger partial charge in [-0.05, 0) is 49.2 Å². The van der Waals surface area contributed by atoms with Crippen LogP contribution in [-0.4, -0.2) is 51.0 Å². The van der Waals surface area contributed by atoms with Gasteiger partial charge < -0.3 is 10.2 Å². The van der Waals surface area contributed by atoms with Gasteiger partial charge in [0.15, 0.2) is 0 Å². The molecule has 1 atom stereocenters. The van der Waals surface area contributed by atoms with Crippen molar-refractivity contribution in [2.75, 3.05) is 24.2 Å². The largest absolute Gasteiger partial charge is 0.357 e. The van der Waals surface area contributed by atoms with Crippen molar-refractivity contribution in [1.82, 2.24) is 10.2 Å². The second kappa shape index (κ2) is 10.1. The molecule has 0 unspecified atom stereocenters. The number of benzene rings is 2. The summed E-state index contributed by atoms with van der Waals surface area (Å²) in [5, 5.41) is 2.84. The Labute approximate surface area is 186 Å². The third-order valence-corrected chi connectivity index (χ3v) is 6.35. The van der Waals surface area contributed by atoms with Crippen LogP contribution >= 0.6 is 11.6 Å². The summed E-state index contributed by atoms with van der Waals surface area (Å²) in [7, 11) is -2.39. The van der Waals surface area contributed by atoms with E-state index in [1.807, 2.05) is 0 Å². The highest BCUT2D eigenvalue weighted by atomic mass is 35.5. The number of carbonyl (C=O) groups is 2. The Morgan fingerprint density at radius 1 is 1.16 bits per heavy atom. The molecule has 2 amide bonds. The van der Waals surface area contributed by atoms with Crippen LogP contribution in [0.15, 0.2) is 42.5 Å². The first kappa shape index (κ1) is 24.6. The number of aryl methyl sites for hydroxylation is 1. The van der Waals surface area contributed by atoms with Gasteiger partial charge >= 0.3 is 0 Å². The first-order valence-corrected chi connectivity index (χ1v) is 11.7. The molecule has 31 heavy (non-hydrogen) atoms. The van der Waals surface area contributed by atoms with Crippen LogP contribution in [0.1, 0.15) is 18.1 Å². The Kier molecular flexibility index (Phi) is 8.02. The lowest BCUT2D eigenvalue weighted by atomic mass is 10.1. The van der Waals surface area contributed by atoms with Crippen LogP contribution in [-0.2, 0) is 26.2 Å². The van der Waals surface area contributed by atoms with Crippen molar-refractivity contribution in [1.29, 1.82) is 0 Å². The number of carbonyl (C=O) groups excluding carboxylic acids is 2. The number of hydrogen-bond donors (Lipinski definition) is 1. The molecule has 1 N–H and O–H groups in total. The average molecular weight is 470 g/mol. The molecule has 0 bridgehead atoms. The van der Waals surface area contributed by atoms with E-state index >= 15 is 0 Å². The highest BCUT2D eigenvalue weighted by Crippen LogP contribution is 2.25. The van der Waals surface area contributed by atoms with Crippen molar-refractivity contribution in [3.63, 3.8) is 0 Å². The molecule has 0 radical (unpaired) electrons. The topological polar surface area (TPSA) is 86.8 Å². The van der Waals surface area contributed by atoms with Gasteiger partial charge in [-0.25, -0.2) is 12.8 Å². The minimum Gasteiger partial charge on any atom is -0.357 e. The SMILES string of the molecule is CNC(=O)[C@@H](C)N(Cc1ccc(F)cc1)C(=O)CN(c1ccc(C)c(Cl)c1)S(C)(=O)=O. The predicted octanol–water partition coefficient (Wildman–Crippen LogP) is 2.72. The molecule has 0 aliphatic carbocycles. The Morgan fingerprint density at radius 2 is 1.77 bits per heavy atom. The van der Waals surface area contributed by atoms with Crippen molar-refractivity contribution in [2.45, 2.75) is 26.4 Å². The highest BCUT2D eigenvalue weighted by molar-refractivity contribution is 7.92. The minimum absolute atomic E-state index is 0.0000437. The van der Waals surface area contributed by atoms with Gasteiger partial charge in [-0.2, -0.15) is 0 Å². The summed E-state index contributed by atoms with van der Waals surface area (Å²) in [6, 6.07) is 9.30. The summed E-state index contributed by atoms with van der Waals surface area (Å²) in [4.78, 5) is 26.7. The number of anilines is 1. The lowest BCUT2D eigenvalue weighted by Crippen LogP contribution is -2.50. The summed E-state index contributed by atoms with van der Waals surface area (Å²) >= 11 is 6.14. The Balaban J connectivity index is 2.39. The molecule has 0 saturated heterocycles. The molecule has 2 rings (SSSR count). The van der Waals surface area contributed by atoms with Crippen LogP contribution < -0.4 is 9.62 Å². The van der Waals surface area contributed by atoms with Crippen molar-refractivity contribution >= 4 is 39.1 Å². The van der Waals surface area contributed by atoms with Crippen LogP contribution in [0.3, 0.4) is 0 Å². The summed E-state index contributed by atoms with van der Waals surface area (Å²) in [6.45, 7) is 2.78. The number of nitrogens with one attached hydrogen (secondary N) is 1. The lowest BCUT2D eigenvalue weighted by molar-refractivity contribution is -0.139. The van der Waals surface area contributed by atoms with E-state index in [0.29, 0.717) is 10.6 Å². The van der Waals surface area contributed by atoms with E-state index in [1.165, 1.54) is 49.2 Å². The predicted molar refractivity (Wildman–Crippen MR) is 119 cm³/mol. The normalized spacial score (nSPS) is 12.2. The zero-order valence-electron chi connectivity index (χ0n) is 17.7. The zero-order chi connectivity index (χ0) is 23.3. The molecule has 0 aliphatic rings. The standard InChI is InChI=1S/C21H25ClFN3O4S/c1-14-5-10-18(11-19(14)22)26(31(4,29)30)13-20(27)25(15(2)21(28)24-3)12-16-6-8-17(23)9-7-16/h5-11,15H,12-13H2,1-4H3,(H,24,28)/t15-/m1/s1. The van der Waals surface area contributed by atoms with E-state index < -0.39 is 40.2 Å². The van der Waals surface area contributed by atoms with Crippen LogP contribution in [0, 0.1) is 12.7 Å². The van der Waals surface area contributed by atoms with Gasteiger partial charge in [0.05, 0.1) is 11.9 Å². The first-order valence-electron chi connectivity index (χ1n) is 9.43. The number of amides is 2. The quantitative estimate of drug-likeness (QED) is 0.644. The first-order chi connectivity index (χ1) is 14.4. The van der Waals surface area contributed by atoms with Gasteiger partial charge in [-0.15, -0.1) is 0 Å². The van der Waals surface area contributed by atoms with Crippen LogP contribution in [0.25, 0.3) is 0 Å². The van der Waals surface area contributed by atoms with E-state index in [-0.39, 0.29) is 12.2 Å². The second-order valence-electron chi connectivity index (χ2n) is 7.14. The molecule has 0 saturated carbocycles. The molecular formula is C21H25ClFN3O4S.